The molecule has 0 spiro atoms. The second kappa shape index (κ2) is 7.47. The predicted molar refractivity (Wildman–Crippen MR) is 119 cm³/mol. The number of hydrogen-bond acceptors (Lipinski definition) is 3. The van der Waals surface area contributed by atoms with Crippen LogP contribution in [0, 0.1) is 29.1 Å². The van der Waals surface area contributed by atoms with Crippen molar-refractivity contribution >= 4 is 17.3 Å². The Balaban J connectivity index is 1.24. The monoisotopic (exact) mass is 399 g/mol. The van der Waals surface area contributed by atoms with E-state index in [1.807, 2.05) is 6.92 Å². The van der Waals surface area contributed by atoms with Crippen LogP contribution < -0.4 is 10.6 Å². The molecular formula is C26H29N3O. The molecule has 4 aliphatic carbocycles. The van der Waals surface area contributed by atoms with Crippen molar-refractivity contribution in [1.82, 2.24) is 0 Å². The van der Waals surface area contributed by atoms with E-state index >= 15 is 0 Å². The highest BCUT2D eigenvalue weighted by Gasteiger charge is 2.51. The summed E-state index contributed by atoms with van der Waals surface area (Å²) in [5, 5.41) is 15.2. The lowest BCUT2D eigenvalue weighted by Crippen LogP contribution is -2.48. The van der Waals surface area contributed by atoms with Crippen LogP contribution in [-0.2, 0) is 10.2 Å². The normalized spacial score (nSPS) is 29.8. The largest absolute Gasteiger partial charge is 0.374 e. The van der Waals surface area contributed by atoms with Crippen molar-refractivity contribution in [1.29, 1.82) is 5.26 Å². The Morgan fingerprint density at radius 1 is 1.00 bits per heavy atom. The van der Waals surface area contributed by atoms with Crippen LogP contribution in [0.25, 0.3) is 0 Å². The molecule has 1 atom stereocenters. The smallest absolute Gasteiger partial charge is 0.246 e. The molecule has 6 rings (SSSR count). The number of nitrogens with one attached hydrogen (secondary N) is 2. The Morgan fingerprint density at radius 2 is 1.63 bits per heavy atom. The highest BCUT2D eigenvalue weighted by Crippen LogP contribution is 2.60. The number of anilines is 2. The third-order valence-electron chi connectivity index (χ3n) is 7.57. The highest BCUT2D eigenvalue weighted by molar-refractivity contribution is 5.96. The van der Waals surface area contributed by atoms with Crippen molar-refractivity contribution in [3.8, 4) is 6.07 Å². The van der Waals surface area contributed by atoms with Crippen molar-refractivity contribution in [2.24, 2.45) is 17.8 Å². The first kappa shape index (κ1) is 19.2. The van der Waals surface area contributed by atoms with Gasteiger partial charge in [-0.1, -0.05) is 18.2 Å². The third-order valence-corrected chi connectivity index (χ3v) is 7.57. The third kappa shape index (κ3) is 3.58. The molecule has 4 heteroatoms. The van der Waals surface area contributed by atoms with Gasteiger partial charge in [0.1, 0.15) is 6.04 Å². The van der Waals surface area contributed by atoms with Crippen LogP contribution in [-0.4, -0.2) is 11.9 Å². The second-order valence-electron chi connectivity index (χ2n) is 9.82. The molecule has 4 bridgehead atoms. The minimum atomic E-state index is -0.374. The molecule has 2 aromatic rings. The van der Waals surface area contributed by atoms with Crippen LogP contribution in [0.3, 0.4) is 0 Å². The number of amides is 1. The van der Waals surface area contributed by atoms with E-state index in [0.717, 1.165) is 23.4 Å². The maximum Gasteiger partial charge on any atom is 0.246 e. The van der Waals surface area contributed by atoms with Gasteiger partial charge in [0.05, 0.1) is 11.6 Å². The zero-order chi connectivity index (χ0) is 20.7. The van der Waals surface area contributed by atoms with E-state index in [1.54, 1.807) is 24.3 Å². The molecule has 0 aromatic heterocycles. The van der Waals surface area contributed by atoms with E-state index in [1.165, 1.54) is 44.1 Å². The summed E-state index contributed by atoms with van der Waals surface area (Å²) in [5.74, 6) is 2.71. The van der Waals surface area contributed by atoms with E-state index in [-0.39, 0.29) is 11.9 Å². The summed E-state index contributed by atoms with van der Waals surface area (Å²) in [6.07, 6.45) is 8.49. The molecule has 0 unspecified atom stereocenters. The Kier molecular flexibility index (Phi) is 4.77. The first-order valence-electron chi connectivity index (χ1n) is 11.2. The van der Waals surface area contributed by atoms with E-state index in [9.17, 15) is 4.79 Å². The summed E-state index contributed by atoms with van der Waals surface area (Å²) in [4.78, 5) is 12.6. The summed E-state index contributed by atoms with van der Waals surface area (Å²) in [5.41, 5.74) is 4.05. The van der Waals surface area contributed by atoms with Crippen LogP contribution in [0.4, 0.5) is 11.4 Å². The van der Waals surface area contributed by atoms with Crippen molar-refractivity contribution in [3.05, 3.63) is 59.7 Å². The number of benzene rings is 2. The topological polar surface area (TPSA) is 64.9 Å². The first-order valence-corrected chi connectivity index (χ1v) is 11.2. The van der Waals surface area contributed by atoms with Gasteiger partial charge in [0, 0.05) is 11.4 Å². The second-order valence-corrected chi connectivity index (χ2v) is 9.82. The average Bonchev–Trinajstić information content (AvgIpc) is 2.73. The van der Waals surface area contributed by atoms with Crippen LogP contribution in [0.2, 0.25) is 0 Å². The lowest BCUT2D eigenvalue weighted by molar-refractivity contribution is -0.116. The van der Waals surface area contributed by atoms with Crippen molar-refractivity contribution in [3.63, 3.8) is 0 Å². The molecule has 154 valence electrons. The quantitative estimate of drug-likeness (QED) is 0.701. The molecule has 2 aromatic carbocycles. The standard InChI is InChI=1S/C26H29N3O/c1-17(25(30)29-24-4-2-3-18(12-24)16-27)28-23-7-5-22(6-8-23)26-13-19-9-20(14-26)11-21(10-19)15-26/h2-8,12,17,19-21,28H,9-11,13-15H2,1H3,(H,29,30)/t17-,19?,20?,21?,26?/m0/s1. The van der Waals surface area contributed by atoms with Crippen molar-refractivity contribution in [2.75, 3.05) is 10.6 Å². The van der Waals surface area contributed by atoms with Crippen LogP contribution in [0.5, 0.6) is 0 Å². The van der Waals surface area contributed by atoms with Crippen molar-refractivity contribution < 1.29 is 4.79 Å². The van der Waals surface area contributed by atoms with E-state index < -0.39 is 0 Å². The van der Waals surface area contributed by atoms with E-state index in [0.29, 0.717) is 16.7 Å². The summed E-state index contributed by atoms with van der Waals surface area (Å²) >= 11 is 0. The number of rotatable bonds is 5. The van der Waals surface area contributed by atoms with Gasteiger partial charge in [0.25, 0.3) is 0 Å². The number of carbonyl (C=O) groups excluding carboxylic acids is 1. The van der Waals surface area contributed by atoms with Crippen molar-refractivity contribution in [2.45, 2.75) is 56.9 Å². The number of nitrogens with zero attached hydrogens (tertiary/aromatic N) is 1. The number of nitriles is 1. The van der Waals surface area contributed by atoms with Crippen LogP contribution in [0.15, 0.2) is 48.5 Å². The molecule has 0 saturated heterocycles. The minimum absolute atomic E-state index is 0.116. The van der Waals surface area contributed by atoms with Gasteiger partial charge < -0.3 is 10.6 Å². The van der Waals surface area contributed by atoms with Gasteiger partial charge in [-0.2, -0.15) is 5.26 Å². The molecule has 0 aliphatic heterocycles. The Morgan fingerprint density at radius 3 is 2.23 bits per heavy atom. The lowest BCUT2D eigenvalue weighted by Gasteiger charge is -2.57. The highest BCUT2D eigenvalue weighted by atomic mass is 16.2. The SMILES string of the molecule is C[C@H](Nc1ccc(C23CC4CC(CC(C4)C2)C3)cc1)C(=O)Nc1cccc(C#N)c1. The van der Waals surface area contributed by atoms with Crippen LogP contribution in [0.1, 0.15) is 56.6 Å². The average molecular weight is 400 g/mol. The maximum atomic E-state index is 12.6. The summed E-state index contributed by atoms with van der Waals surface area (Å²) in [7, 11) is 0. The van der Waals surface area contributed by atoms with Crippen LogP contribution >= 0.6 is 0 Å². The summed E-state index contributed by atoms with van der Waals surface area (Å²) in [6, 6.07) is 17.5. The van der Waals surface area contributed by atoms with E-state index in [2.05, 4.69) is 41.0 Å². The summed E-state index contributed by atoms with van der Waals surface area (Å²) in [6.45, 7) is 1.86. The molecular weight excluding hydrogens is 370 g/mol. The van der Waals surface area contributed by atoms with Gasteiger partial charge in [0.2, 0.25) is 5.91 Å². The Hall–Kier alpha value is -2.80. The molecule has 4 aliphatic rings. The van der Waals surface area contributed by atoms with Gasteiger partial charge in [0.15, 0.2) is 0 Å². The van der Waals surface area contributed by atoms with E-state index in [4.69, 9.17) is 5.26 Å². The zero-order valence-corrected chi connectivity index (χ0v) is 17.5. The maximum absolute atomic E-state index is 12.6. The molecule has 30 heavy (non-hydrogen) atoms. The molecule has 0 heterocycles. The molecule has 2 N–H and O–H groups in total. The predicted octanol–water partition coefficient (Wildman–Crippen LogP) is 5.47. The number of hydrogen-bond donors (Lipinski definition) is 2. The number of carbonyl (C=O) groups is 1. The zero-order valence-electron chi connectivity index (χ0n) is 17.5. The van der Waals surface area contributed by atoms with Gasteiger partial charge >= 0.3 is 0 Å². The fourth-order valence-electron chi connectivity index (χ4n) is 6.62. The van der Waals surface area contributed by atoms with Gasteiger partial charge in [-0.3, -0.25) is 4.79 Å². The molecule has 4 nitrogen and oxygen atoms in total. The molecule has 1 amide bonds. The Bertz CT molecular complexity index is 953. The first-order chi connectivity index (χ1) is 14.5. The Labute approximate surface area is 178 Å². The van der Waals surface area contributed by atoms with Gasteiger partial charge in [-0.15, -0.1) is 0 Å². The molecule has 4 fully saturated rings. The lowest BCUT2D eigenvalue weighted by atomic mass is 9.48. The van der Waals surface area contributed by atoms with Gasteiger partial charge in [-0.25, -0.2) is 0 Å². The fraction of sp³-hybridized carbons (Fsp3) is 0.462. The molecule has 0 radical (unpaired) electrons. The minimum Gasteiger partial charge on any atom is -0.374 e. The van der Waals surface area contributed by atoms with Gasteiger partial charge in [-0.05, 0) is 105 Å². The summed E-state index contributed by atoms with van der Waals surface area (Å²) < 4.78 is 0. The molecule has 4 saturated carbocycles. The fourth-order valence-corrected chi connectivity index (χ4v) is 6.62.